The number of alkyl halides is 3. The molecule has 0 bridgehead atoms. The Bertz CT molecular complexity index is 1080. The number of methoxy groups -OCH3 is 1. The van der Waals surface area contributed by atoms with Crippen LogP contribution in [0.5, 0.6) is 0 Å². The van der Waals surface area contributed by atoms with Crippen LogP contribution in [0.15, 0.2) is 36.4 Å². The van der Waals surface area contributed by atoms with Crippen LogP contribution < -0.4 is 10.2 Å². The molecule has 1 fully saturated rings. The van der Waals surface area contributed by atoms with Gasteiger partial charge in [0, 0.05) is 25.1 Å². The number of nitro groups is 1. The SMILES string of the molecule is COC(=O)c1ccc(F)c(NC(=O)C2CCN(c3ccc(C(F)(F)F)cc3[N+](=O)[O-])CC2)c1. The number of anilines is 2. The maximum Gasteiger partial charge on any atom is 0.416 e. The molecule has 2 aromatic carbocycles. The number of carbonyl (C=O) groups is 2. The maximum atomic E-state index is 14.1. The normalized spacial score (nSPS) is 14.6. The Hall–Kier alpha value is -3.70. The zero-order valence-corrected chi connectivity index (χ0v) is 17.3. The summed E-state index contributed by atoms with van der Waals surface area (Å²) < 4.78 is 57.4. The second kappa shape index (κ2) is 9.43. The standard InChI is InChI=1S/C21H19F4N3O5/c1-33-20(30)13-2-4-15(22)16(10-13)26-19(29)12-6-8-27(9-7-12)17-5-3-14(21(23,24)25)11-18(17)28(31)32/h2-5,10-12H,6-9H2,1H3,(H,26,29). The van der Waals surface area contributed by atoms with Gasteiger partial charge in [0.25, 0.3) is 5.69 Å². The number of nitrogens with one attached hydrogen (secondary N) is 1. The van der Waals surface area contributed by atoms with E-state index in [1.165, 1.54) is 13.2 Å². The lowest BCUT2D eigenvalue weighted by Crippen LogP contribution is -2.38. The first-order valence-electron chi connectivity index (χ1n) is 9.80. The summed E-state index contributed by atoms with van der Waals surface area (Å²) in [6.07, 6.45) is -4.24. The minimum absolute atomic E-state index is 0.0312. The van der Waals surface area contributed by atoms with E-state index in [2.05, 4.69) is 10.1 Å². The average Bonchev–Trinajstić information content (AvgIpc) is 2.79. The first-order chi connectivity index (χ1) is 15.5. The highest BCUT2D eigenvalue weighted by molar-refractivity contribution is 5.95. The van der Waals surface area contributed by atoms with Gasteiger partial charge in [-0.25, -0.2) is 9.18 Å². The van der Waals surface area contributed by atoms with Crippen LogP contribution in [0.1, 0.15) is 28.8 Å². The van der Waals surface area contributed by atoms with Crippen molar-refractivity contribution in [3.8, 4) is 0 Å². The first-order valence-corrected chi connectivity index (χ1v) is 9.80. The fraction of sp³-hybridized carbons (Fsp3) is 0.333. The predicted octanol–water partition coefficient (Wildman–Crippen LogP) is 4.39. The number of nitro benzene ring substituents is 1. The van der Waals surface area contributed by atoms with Crippen LogP contribution >= 0.6 is 0 Å². The number of ether oxygens (including phenoxy) is 1. The number of piperidine rings is 1. The van der Waals surface area contributed by atoms with Crippen molar-refractivity contribution in [1.29, 1.82) is 0 Å². The van der Waals surface area contributed by atoms with Gasteiger partial charge in [-0.05, 0) is 43.2 Å². The molecule has 0 spiro atoms. The molecule has 1 N–H and O–H groups in total. The Labute approximate surface area is 185 Å². The molecule has 0 radical (unpaired) electrons. The fourth-order valence-corrected chi connectivity index (χ4v) is 3.60. The number of carbonyl (C=O) groups excluding carboxylic acids is 2. The average molecular weight is 469 g/mol. The number of rotatable bonds is 5. The van der Waals surface area contributed by atoms with E-state index in [1.54, 1.807) is 4.90 Å². The molecular formula is C21H19F4N3O5. The van der Waals surface area contributed by atoms with Gasteiger partial charge in [-0.3, -0.25) is 14.9 Å². The van der Waals surface area contributed by atoms with Crippen LogP contribution in [0.3, 0.4) is 0 Å². The van der Waals surface area contributed by atoms with Crippen molar-refractivity contribution in [2.75, 3.05) is 30.4 Å². The molecule has 1 aliphatic heterocycles. The number of halogens is 4. The number of hydrogen-bond donors (Lipinski definition) is 1. The summed E-state index contributed by atoms with van der Waals surface area (Å²) in [6, 6.07) is 5.71. The molecule has 12 heteroatoms. The molecule has 1 amide bonds. The lowest BCUT2D eigenvalue weighted by molar-refractivity contribution is -0.384. The molecule has 0 atom stereocenters. The van der Waals surface area contributed by atoms with E-state index in [0.29, 0.717) is 6.07 Å². The van der Waals surface area contributed by atoms with Crippen molar-refractivity contribution in [3.05, 3.63) is 63.5 Å². The third-order valence-electron chi connectivity index (χ3n) is 5.35. The molecule has 0 aliphatic carbocycles. The van der Waals surface area contributed by atoms with Crippen molar-refractivity contribution < 1.29 is 36.8 Å². The molecule has 0 unspecified atom stereocenters. The summed E-state index contributed by atoms with van der Waals surface area (Å²) >= 11 is 0. The molecule has 1 heterocycles. The van der Waals surface area contributed by atoms with Gasteiger partial charge in [0.15, 0.2) is 0 Å². The van der Waals surface area contributed by atoms with E-state index in [1.807, 2.05) is 0 Å². The van der Waals surface area contributed by atoms with E-state index < -0.39 is 46.0 Å². The van der Waals surface area contributed by atoms with Crippen molar-refractivity contribution >= 4 is 28.9 Å². The summed E-state index contributed by atoms with van der Waals surface area (Å²) in [4.78, 5) is 36.2. The minimum Gasteiger partial charge on any atom is -0.465 e. The summed E-state index contributed by atoms with van der Waals surface area (Å²) in [5, 5.41) is 13.8. The smallest absolute Gasteiger partial charge is 0.416 e. The van der Waals surface area contributed by atoms with Gasteiger partial charge in [0.1, 0.15) is 11.5 Å². The molecule has 8 nitrogen and oxygen atoms in total. The number of amides is 1. The number of benzene rings is 2. The molecule has 1 saturated heterocycles. The van der Waals surface area contributed by atoms with Crippen molar-refractivity contribution in [2.24, 2.45) is 5.92 Å². The van der Waals surface area contributed by atoms with Gasteiger partial charge in [0.05, 0.1) is 28.8 Å². The van der Waals surface area contributed by atoms with Crippen molar-refractivity contribution in [3.63, 3.8) is 0 Å². The van der Waals surface area contributed by atoms with Gasteiger partial charge < -0.3 is 15.0 Å². The summed E-state index contributed by atoms with van der Waals surface area (Å²) in [7, 11) is 1.17. The number of hydrogen-bond acceptors (Lipinski definition) is 6. The Morgan fingerprint density at radius 3 is 2.39 bits per heavy atom. The highest BCUT2D eigenvalue weighted by Crippen LogP contribution is 2.37. The van der Waals surface area contributed by atoms with Gasteiger partial charge in [-0.15, -0.1) is 0 Å². The van der Waals surface area contributed by atoms with E-state index in [0.717, 1.165) is 24.3 Å². The van der Waals surface area contributed by atoms with Crippen molar-refractivity contribution in [1.82, 2.24) is 0 Å². The summed E-state index contributed by atoms with van der Waals surface area (Å²) in [5.41, 5.74) is -1.90. The molecule has 3 rings (SSSR count). The van der Waals surface area contributed by atoms with Gasteiger partial charge in [-0.1, -0.05) is 0 Å². The quantitative estimate of drug-likeness (QED) is 0.302. The van der Waals surface area contributed by atoms with E-state index in [9.17, 15) is 37.3 Å². The van der Waals surface area contributed by atoms with E-state index in [4.69, 9.17) is 0 Å². The van der Waals surface area contributed by atoms with Crippen LogP contribution in [0.2, 0.25) is 0 Å². The zero-order chi connectivity index (χ0) is 24.3. The monoisotopic (exact) mass is 469 g/mol. The topological polar surface area (TPSA) is 102 Å². The van der Waals surface area contributed by atoms with E-state index in [-0.39, 0.29) is 42.9 Å². The maximum absolute atomic E-state index is 14.1. The van der Waals surface area contributed by atoms with Gasteiger partial charge in [-0.2, -0.15) is 13.2 Å². The van der Waals surface area contributed by atoms with Gasteiger partial charge >= 0.3 is 12.1 Å². The second-order valence-corrected chi connectivity index (χ2v) is 7.40. The zero-order valence-electron chi connectivity index (χ0n) is 17.3. The predicted molar refractivity (Wildman–Crippen MR) is 109 cm³/mol. The van der Waals surface area contributed by atoms with Crippen LogP contribution in [-0.4, -0.2) is 37.0 Å². The fourth-order valence-electron chi connectivity index (χ4n) is 3.60. The number of esters is 1. The minimum atomic E-state index is -4.71. The Kier molecular flexibility index (Phi) is 6.84. The summed E-state index contributed by atoms with van der Waals surface area (Å²) in [5.74, 6) is -2.50. The summed E-state index contributed by atoms with van der Waals surface area (Å²) in [6.45, 7) is 0.351. The molecule has 33 heavy (non-hydrogen) atoms. The lowest BCUT2D eigenvalue weighted by atomic mass is 9.95. The number of nitrogens with zero attached hydrogens (tertiary/aromatic N) is 2. The lowest BCUT2D eigenvalue weighted by Gasteiger charge is -2.32. The molecule has 0 aromatic heterocycles. The Morgan fingerprint density at radius 1 is 1.15 bits per heavy atom. The van der Waals surface area contributed by atoms with Crippen LogP contribution in [0, 0.1) is 21.8 Å². The van der Waals surface area contributed by atoms with Crippen LogP contribution in [-0.2, 0) is 15.7 Å². The third kappa shape index (κ3) is 5.38. The van der Waals surface area contributed by atoms with Crippen LogP contribution in [0.4, 0.5) is 34.6 Å². The largest absolute Gasteiger partial charge is 0.465 e. The second-order valence-electron chi connectivity index (χ2n) is 7.40. The highest BCUT2D eigenvalue weighted by atomic mass is 19.4. The van der Waals surface area contributed by atoms with Gasteiger partial charge in [0.2, 0.25) is 5.91 Å². The molecule has 2 aromatic rings. The van der Waals surface area contributed by atoms with Crippen LogP contribution in [0.25, 0.3) is 0 Å². The molecule has 0 saturated carbocycles. The van der Waals surface area contributed by atoms with Crippen molar-refractivity contribution in [2.45, 2.75) is 19.0 Å². The Balaban J connectivity index is 1.70. The Morgan fingerprint density at radius 2 is 1.82 bits per heavy atom. The molecular weight excluding hydrogens is 450 g/mol. The molecule has 176 valence electrons. The third-order valence-corrected chi connectivity index (χ3v) is 5.35. The highest BCUT2D eigenvalue weighted by Gasteiger charge is 2.35. The van der Waals surface area contributed by atoms with E-state index >= 15 is 0 Å². The molecule has 1 aliphatic rings. The first kappa shape index (κ1) is 24.0.